The number of azo groups is 1. The van der Waals surface area contributed by atoms with Crippen LogP contribution in [0, 0.1) is 13.8 Å². The molecule has 0 radical (unpaired) electrons. The molecule has 0 bridgehead atoms. The summed E-state index contributed by atoms with van der Waals surface area (Å²) in [6.07, 6.45) is 0. The average Bonchev–Trinajstić information content (AvgIpc) is 2.89. The van der Waals surface area contributed by atoms with E-state index >= 15 is 0 Å². The zero-order valence-corrected chi connectivity index (χ0v) is 14.9. The topological polar surface area (TPSA) is 118 Å². The Labute approximate surface area is 152 Å². The van der Waals surface area contributed by atoms with Gasteiger partial charge in [0.25, 0.3) is 0 Å². The van der Waals surface area contributed by atoms with E-state index in [1.54, 1.807) is 29.8 Å². The highest BCUT2D eigenvalue weighted by Crippen LogP contribution is 2.34. The predicted octanol–water partition coefficient (Wildman–Crippen LogP) is 3.66. The first kappa shape index (κ1) is 17.8. The Bertz CT molecular complexity index is 986. The van der Waals surface area contributed by atoms with Gasteiger partial charge in [0.15, 0.2) is 17.3 Å². The van der Waals surface area contributed by atoms with Crippen LogP contribution in [0.5, 0.6) is 5.75 Å². The highest BCUT2D eigenvalue weighted by molar-refractivity contribution is 7.74. The lowest BCUT2D eigenvalue weighted by Crippen LogP contribution is -2.01. The fourth-order valence-electron chi connectivity index (χ4n) is 2.37. The number of nitrogens with two attached hydrogens (primary N) is 1. The molecular weight excluding hydrogens is 354 g/mol. The van der Waals surface area contributed by atoms with Gasteiger partial charge in [-0.1, -0.05) is 24.3 Å². The van der Waals surface area contributed by atoms with Gasteiger partial charge in [-0.05, 0) is 43.7 Å². The summed E-state index contributed by atoms with van der Waals surface area (Å²) in [5.74, 6) is 0.424. The number of anilines is 1. The first-order valence-corrected chi connectivity index (χ1v) is 8.66. The van der Waals surface area contributed by atoms with Crippen molar-refractivity contribution in [3.8, 4) is 11.4 Å². The maximum absolute atomic E-state index is 10.8. The number of aryl methyl sites for hydroxylation is 2. The van der Waals surface area contributed by atoms with Crippen LogP contribution in [0.25, 0.3) is 5.69 Å². The van der Waals surface area contributed by atoms with Crippen LogP contribution in [0.3, 0.4) is 0 Å². The van der Waals surface area contributed by atoms with Crippen molar-refractivity contribution < 1.29 is 12.9 Å². The van der Waals surface area contributed by atoms with Crippen LogP contribution in [-0.2, 0) is 11.4 Å². The van der Waals surface area contributed by atoms with Gasteiger partial charge in [-0.15, -0.1) is 10.2 Å². The maximum atomic E-state index is 10.8. The second-order valence-electron chi connectivity index (χ2n) is 5.53. The monoisotopic (exact) mass is 370 g/mol. The SMILES string of the molecule is Cc1ccc(N=Nc2c(C)nn(-c3ccccc3)c2N)c(OS(=O)[O-])c1. The van der Waals surface area contributed by atoms with Crippen molar-refractivity contribution in [1.29, 1.82) is 0 Å². The normalized spacial score (nSPS) is 12.4. The molecule has 0 fully saturated rings. The maximum Gasteiger partial charge on any atom is 0.166 e. The predicted molar refractivity (Wildman–Crippen MR) is 97.6 cm³/mol. The van der Waals surface area contributed by atoms with Crippen molar-refractivity contribution in [2.75, 3.05) is 5.73 Å². The third-order valence-corrected chi connectivity index (χ3v) is 3.91. The van der Waals surface area contributed by atoms with E-state index in [2.05, 4.69) is 15.3 Å². The minimum atomic E-state index is -2.71. The first-order valence-electron chi connectivity index (χ1n) is 7.66. The van der Waals surface area contributed by atoms with Gasteiger partial charge in [0.05, 0.1) is 11.4 Å². The van der Waals surface area contributed by atoms with Crippen molar-refractivity contribution in [2.24, 2.45) is 10.2 Å². The zero-order valence-electron chi connectivity index (χ0n) is 14.1. The Morgan fingerprint density at radius 3 is 2.58 bits per heavy atom. The van der Waals surface area contributed by atoms with Crippen LogP contribution >= 0.6 is 0 Å². The fraction of sp³-hybridized carbons (Fsp3) is 0.118. The van der Waals surface area contributed by atoms with Gasteiger partial charge >= 0.3 is 0 Å². The van der Waals surface area contributed by atoms with E-state index in [1.165, 1.54) is 0 Å². The largest absolute Gasteiger partial charge is 0.740 e. The molecule has 0 aliphatic heterocycles. The van der Waals surface area contributed by atoms with Gasteiger partial charge in [0.1, 0.15) is 17.0 Å². The van der Waals surface area contributed by atoms with Crippen LogP contribution in [-0.4, -0.2) is 18.5 Å². The Morgan fingerprint density at radius 2 is 1.88 bits per heavy atom. The Balaban J connectivity index is 1.97. The van der Waals surface area contributed by atoms with Crippen molar-refractivity contribution >= 4 is 28.6 Å². The van der Waals surface area contributed by atoms with E-state index in [0.717, 1.165) is 11.3 Å². The van der Waals surface area contributed by atoms with Crippen LogP contribution in [0.2, 0.25) is 0 Å². The van der Waals surface area contributed by atoms with E-state index in [0.29, 0.717) is 17.2 Å². The summed E-state index contributed by atoms with van der Waals surface area (Å²) in [6.45, 7) is 3.58. The number of nitrogens with zero attached hydrogens (tertiary/aromatic N) is 4. The van der Waals surface area contributed by atoms with Gasteiger partial charge in [0.2, 0.25) is 0 Å². The smallest absolute Gasteiger partial charge is 0.166 e. The van der Waals surface area contributed by atoms with Gasteiger partial charge < -0.3 is 14.5 Å². The molecule has 9 heteroatoms. The van der Waals surface area contributed by atoms with Crippen LogP contribution in [0.1, 0.15) is 11.3 Å². The molecule has 0 aliphatic carbocycles. The summed E-state index contributed by atoms with van der Waals surface area (Å²) in [7, 11) is 0. The lowest BCUT2D eigenvalue weighted by Gasteiger charge is -2.09. The molecule has 0 spiro atoms. The lowest BCUT2D eigenvalue weighted by atomic mass is 10.2. The number of aromatic nitrogens is 2. The van der Waals surface area contributed by atoms with Crippen molar-refractivity contribution in [2.45, 2.75) is 13.8 Å². The summed E-state index contributed by atoms with van der Waals surface area (Å²) in [6, 6.07) is 14.4. The summed E-state index contributed by atoms with van der Waals surface area (Å²) in [5.41, 5.74) is 9.06. The third-order valence-electron chi connectivity index (χ3n) is 3.60. The minimum absolute atomic E-state index is 0.0914. The van der Waals surface area contributed by atoms with E-state index in [4.69, 9.17) is 9.92 Å². The number of hydrogen-bond acceptors (Lipinski definition) is 7. The highest BCUT2D eigenvalue weighted by Gasteiger charge is 2.14. The fourth-order valence-corrected chi connectivity index (χ4v) is 2.65. The first-order chi connectivity index (χ1) is 12.5. The molecule has 0 amide bonds. The Morgan fingerprint density at radius 1 is 1.15 bits per heavy atom. The number of rotatable bonds is 5. The summed E-state index contributed by atoms with van der Waals surface area (Å²) < 4.78 is 28.0. The standard InChI is InChI=1S/C17H17N5O3S/c1-11-8-9-14(15(10-11)25-26(23)24)19-20-16-12(2)21-22(17(16)18)13-6-4-3-5-7-13/h3-10H,18H2,1-2H3,(H,23,24)/p-1. The summed E-state index contributed by atoms with van der Waals surface area (Å²) >= 11 is -2.71. The third kappa shape index (κ3) is 3.79. The molecule has 2 aromatic carbocycles. The van der Waals surface area contributed by atoms with Gasteiger partial charge in [-0.25, -0.2) is 8.89 Å². The summed E-state index contributed by atoms with van der Waals surface area (Å²) in [4.78, 5) is 0. The Kier molecular flexibility index (Phi) is 5.10. The van der Waals surface area contributed by atoms with E-state index in [9.17, 15) is 8.76 Å². The highest BCUT2D eigenvalue weighted by atomic mass is 32.2. The molecule has 1 heterocycles. The molecular formula is C17H16N5O3S-. The average molecular weight is 370 g/mol. The number of benzene rings is 2. The van der Waals surface area contributed by atoms with Crippen LogP contribution < -0.4 is 9.92 Å². The second-order valence-corrected chi connectivity index (χ2v) is 6.10. The minimum Gasteiger partial charge on any atom is -0.740 e. The Hall–Kier alpha value is -3.04. The quantitative estimate of drug-likeness (QED) is 0.543. The molecule has 0 saturated heterocycles. The van der Waals surface area contributed by atoms with E-state index in [-0.39, 0.29) is 11.4 Å². The van der Waals surface area contributed by atoms with Gasteiger partial charge in [-0.2, -0.15) is 5.10 Å². The lowest BCUT2D eigenvalue weighted by molar-refractivity contribution is 0.440. The van der Waals surface area contributed by atoms with Crippen LogP contribution in [0.4, 0.5) is 17.2 Å². The summed E-state index contributed by atoms with van der Waals surface area (Å²) in [5, 5.41) is 12.6. The van der Waals surface area contributed by atoms with E-state index < -0.39 is 11.4 Å². The molecule has 1 aromatic heterocycles. The molecule has 1 atom stereocenters. The van der Waals surface area contributed by atoms with Crippen LogP contribution in [0.15, 0.2) is 58.8 Å². The molecule has 0 aliphatic rings. The molecule has 26 heavy (non-hydrogen) atoms. The van der Waals surface area contributed by atoms with Crippen molar-refractivity contribution in [1.82, 2.24) is 9.78 Å². The molecule has 3 aromatic rings. The van der Waals surface area contributed by atoms with Crippen molar-refractivity contribution in [3.05, 3.63) is 59.8 Å². The zero-order chi connectivity index (χ0) is 18.7. The number of nitrogen functional groups attached to an aromatic ring is 1. The molecule has 3 rings (SSSR count). The molecule has 8 nitrogen and oxygen atoms in total. The molecule has 1 unspecified atom stereocenters. The second kappa shape index (κ2) is 7.46. The van der Waals surface area contributed by atoms with Gasteiger partial charge in [0, 0.05) is 0 Å². The number of para-hydroxylation sites is 1. The molecule has 134 valence electrons. The molecule has 2 N–H and O–H groups in total. The van der Waals surface area contributed by atoms with Crippen molar-refractivity contribution in [3.63, 3.8) is 0 Å². The van der Waals surface area contributed by atoms with E-state index in [1.807, 2.05) is 37.3 Å². The molecule has 0 saturated carbocycles. The van der Waals surface area contributed by atoms with Gasteiger partial charge in [-0.3, -0.25) is 0 Å². The number of hydrogen-bond donors (Lipinski definition) is 1.